The third-order valence-electron chi connectivity index (χ3n) is 4.90. The van der Waals surface area contributed by atoms with E-state index in [2.05, 4.69) is 13.8 Å². The summed E-state index contributed by atoms with van der Waals surface area (Å²) >= 11 is 2.05. The van der Waals surface area contributed by atoms with E-state index in [9.17, 15) is 0 Å². The average molecular weight is 359 g/mol. The second-order valence-corrected chi connectivity index (χ2v) is 8.57. The van der Waals surface area contributed by atoms with Gasteiger partial charge in [-0.3, -0.25) is 0 Å². The maximum Gasteiger partial charge on any atom is 0.0633 e. The van der Waals surface area contributed by atoms with Crippen molar-refractivity contribution >= 4 is 11.8 Å². The standard InChI is InChI=1S/C22H46OS/c1-4-5-6-7-8-9-10-11-12-13-14-15-16-17-18-19-20-24-21-22(2)23-3/h22H,4-21H2,1-3H3. The van der Waals surface area contributed by atoms with E-state index in [1.165, 1.54) is 108 Å². The van der Waals surface area contributed by atoms with Gasteiger partial charge in [-0.05, 0) is 19.1 Å². The SMILES string of the molecule is CCCCCCCCCCCCCCCCCCSCC(C)OC. The molecule has 0 aromatic rings. The molecule has 0 saturated carbocycles. The molecule has 0 spiro atoms. The quantitative estimate of drug-likeness (QED) is 0.204. The molecule has 1 unspecified atom stereocenters. The summed E-state index contributed by atoms with van der Waals surface area (Å²) in [6.45, 7) is 4.45. The summed E-state index contributed by atoms with van der Waals surface area (Å²) in [4.78, 5) is 0. The van der Waals surface area contributed by atoms with Gasteiger partial charge in [0.1, 0.15) is 0 Å². The number of rotatable bonds is 20. The molecule has 0 amide bonds. The highest BCUT2D eigenvalue weighted by Crippen LogP contribution is 2.14. The van der Waals surface area contributed by atoms with E-state index in [0.717, 1.165) is 5.75 Å². The van der Waals surface area contributed by atoms with Crippen LogP contribution in [0.3, 0.4) is 0 Å². The average Bonchev–Trinajstić information content (AvgIpc) is 2.60. The van der Waals surface area contributed by atoms with Crippen LogP contribution in [0, 0.1) is 0 Å². The van der Waals surface area contributed by atoms with Gasteiger partial charge in [0.15, 0.2) is 0 Å². The summed E-state index contributed by atoms with van der Waals surface area (Å²) in [7, 11) is 1.81. The Hall–Kier alpha value is 0.310. The van der Waals surface area contributed by atoms with E-state index in [-0.39, 0.29) is 0 Å². The molecule has 0 N–H and O–H groups in total. The summed E-state index contributed by atoms with van der Waals surface area (Å²) < 4.78 is 5.26. The summed E-state index contributed by atoms with van der Waals surface area (Å²) in [5.41, 5.74) is 0. The van der Waals surface area contributed by atoms with Gasteiger partial charge in [-0.15, -0.1) is 0 Å². The van der Waals surface area contributed by atoms with Crippen molar-refractivity contribution in [3.63, 3.8) is 0 Å². The Balaban J connectivity index is 2.98. The smallest absolute Gasteiger partial charge is 0.0633 e. The molecule has 24 heavy (non-hydrogen) atoms. The van der Waals surface area contributed by atoms with Crippen LogP contribution in [0.4, 0.5) is 0 Å². The number of ether oxygens (including phenoxy) is 1. The summed E-state index contributed by atoms with van der Waals surface area (Å²) in [6, 6.07) is 0. The Morgan fingerprint density at radius 3 is 1.38 bits per heavy atom. The van der Waals surface area contributed by atoms with Crippen molar-refractivity contribution in [2.24, 2.45) is 0 Å². The molecule has 0 bridgehead atoms. The van der Waals surface area contributed by atoms with Gasteiger partial charge < -0.3 is 4.74 Å². The van der Waals surface area contributed by atoms with Gasteiger partial charge in [-0.2, -0.15) is 11.8 Å². The monoisotopic (exact) mass is 358 g/mol. The normalized spacial score (nSPS) is 12.6. The zero-order chi connectivity index (χ0) is 17.7. The highest BCUT2D eigenvalue weighted by molar-refractivity contribution is 7.99. The number of methoxy groups -OCH3 is 1. The predicted octanol–water partition coefficient (Wildman–Crippen LogP) is 8.02. The molecule has 1 atom stereocenters. The Morgan fingerprint density at radius 2 is 1.00 bits per heavy atom. The molecule has 0 fully saturated rings. The lowest BCUT2D eigenvalue weighted by Crippen LogP contribution is -2.07. The molecule has 2 heteroatoms. The van der Waals surface area contributed by atoms with Crippen LogP contribution in [0.15, 0.2) is 0 Å². The van der Waals surface area contributed by atoms with Crippen LogP contribution in [0.5, 0.6) is 0 Å². The third kappa shape index (κ3) is 20.4. The molecule has 0 heterocycles. The van der Waals surface area contributed by atoms with Gasteiger partial charge in [-0.1, -0.05) is 103 Å². The fourth-order valence-corrected chi connectivity index (χ4v) is 4.11. The topological polar surface area (TPSA) is 9.23 Å². The minimum absolute atomic E-state index is 0.413. The van der Waals surface area contributed by atoms with Crippen LogP contribution < -0.4 is 0 Å². The number of thioether (sulfide) groups is 1. The second kappa shape index (κ2) is 21.4. The van der Waals surface area contributed by atoms with Crippen LogP contribution in [0.25, 0.3) is 0 Å². The van der Waals surface area contributed by atoms with E-state index < -0.39 is 0 Å². The minimum atomic E-state index is 0.413. The highest BCUT2D eigenvalue weighted by Gasteiger charge is 1.99. The van der Waals surface area contributed by atoms with E-state index in [1.54, 1.807) is 7.11 Å². The fraction of sp³-hybridized carbons (Fsp3) is 1.00. The van der Waals surface area contributed by atoms with E-state index in [0.29, 0.717) is 6.10 Å². The number of unbranched alkanes of at least 4 members (excludes halogenated alkanes) is 15. The number of hydrogen-bond donors (Lipinski definition) is 0. The Bertz CT molecular complexity index is 220. The molecular formula is C22H46OS. The molecular weight excluding hydrogens is 312 g/mol. The molecule has 0 aliphatic carbocycles. The van der Waals surface area contributed by atoms with Crippen molar-refractivity contribution < 1.29 is 4.74 Å². The zero-order valence-corrected chi connectivity index (χ0v) is 17.9. The zero-order valence-electron chi connectivity index (χ0n) is 17.1. The Morgan fingerprint density at radius 1 is 0.625 bits per heavy atom. The maximum atomic E-state index is 5.26. The van der Waals surface area contributed by atoms with E-state index in [4.69, 9.17) is 4.74 Å². The molecule has 0 radical (unpaired) electrons. The minimum Gasteiger partial charge on any atom is -0.381 e. The van der Waals surface area contributed by atoms with Gasteiger partial charge in [0.05, 0.1) is 6.10 Å². The first kappa shape index (κ1) is 24.3. The molecule has 0 aromatic heterocycles. The van der Waals surface area contributed by atoms with Crippen LogP contribution >= 0.6 is 11.8 Å². The lowest BCUT2D eigenvalue weighted by Gasteiger charge is -2.08. The van der Waals surface area contributed by atoms with Gasteiger partial charge in [0.2, 0.25) is 0 Å². The second-order valence-electron chi connectivity index (χ2n) is 7.42. The lowest BCUT2D eigenvalue weighted by atomic mass is 10.0. The Labute approximate surface area is 158 Å². The maximum absolute atomic E-state index is 5.26. The van der Waals surface area contributed by atoms with Crippen molar-refractivity contribution in [3.05, 3.63) is 0 Å². The molecule has 0 rings (SSSR count). The predicted molar refractivity (Wildman–Crippen MR) is 113 cm³/mol. The van der Waals surface area contributed by atoms with E-state index >= 15 is 0 Å². The van der Waals surface area contributed by atoms with Crippen molar-refractivity contribution in [1.29, 1.82) is 0 Å². The number of hydrogen-bond acceptors (Lipinski definition) is 2. The van der Waals surface area contributed by atoms with Gasteiger partial charge in [0.25, 0.3) is 0 Å². The van der Waals surface area contributed by atoms with Crippen molar-refractivity contribution in [2.45, 2.75) is 123 Å². The molecule has 1 nitrogen and oxygen atoms in total. The van der Waals surface area contributed by atoms with Gasteiger partial charge in [-0.25, -0.2) is 0 Å². The molecule has 0 aromatic carbocycles. The van der Waals surface area contributed by atoms with Gasteiger partial charge >= 0.3 is 0 Å². The highest BCUT2D eigenvalue weighted by atomic mass is 32.2. The van der Waals surface area contributed by atoms with Crippen LogP contribution in [0.2, 0.25) is 0 Å². The van der Waals surface area contributed by atoms with Gasteiger partial charge in [0, 0.05) is 12.9 Å². The third-order valence-corrected chi connectivity index (χ3v) is 6.18. The van der Waals surface area contributed by atoms with Crippen molar-refractivity contribution in [1.82, 2.24) is 0 Å². The van der Waals surface area contributed by atoms with Crippen LogP contribution in [-0.2, 0) is 4.74 Å². The fourth-order valence-electron chi connectivity index (χ4n) is 3.07. The first-order chi connectivity index (χ1) is 11.8. The lowest BCUT2D eigenvalue weighted by molar-refractivity contribution is 0.138. The van der Waals surface area contributed by atoms with Crippen molar-refractivity contribution in [2.75, 3.05) is 18.6 Å². The Kier molecular flexibility index (Phi) is 21.6. The molecule has 146 valence electrons. The summed E-state index contributed by atoms with van der Waals surface area (Å²) in [5, 5.41) is 0. The molecule has 0 aliphatic heterocycles. The van der Waals surface area contributed by atoms with Crippen LogP contribution in [0.1, 0.15) is 117 Å². The van der Waals surface area contributed by atoms with Crippen molar-refractivity contribution in [3.8, 4) is 0 Å². The first-order valence-corrected chi connectivity index (χ1v) is 12.1. The largest absolute Gasteiger partial charge is 0.381 e. The van der Waals surface area contributed by atoms with E-state index in [1.807, 2.05) is 11.8 Å². The summed E-state index contributed by atoms with van der Waals surface area (Å²) in [5.74, 6) is 2.46. The molecule has 0 aliphatic rings. The summed E-state index contributed by atoms with van der Waals surface area (Å²) in [6.07, 6.45) is 23.6. The van der Waals surface area contributed by atoms with Crippen LogP contribution in [-0.4, -0.2) is 24.7 Å². The first-order valence-electron chi connectivity index (χ1n) is 10.9. The molecule has 0 saturated heterocycles.